The van der Waals surface area contributed by atoms with Crippen molar-refractivity contribution in [1.82, 2.24) is 4.57 Å². The Morgan fingerprint density at radius 2 is 2.10 bits per heavy atom. The first-order chi connectivity index (χ1) is 14.5. The van der Waals surface area contributed by atoms with E-state index < -0.39 is 11.4 Å². The minimum atomic E-state index is -1.22. The van der Waals surface area contributed by atoms with E-state index in [-0.39, 0.29) is 11.6 Å². The maximum Gasteiger partial charge on any atom is 0.341 e. The number of hydrogen-bond donors (Lipinski definition) is 2. The topological polar surface area (TPSA) is 101 Å². The van der Waals surface area contributed by atoms with Gasteiger partial charge in [0.25, 0.3) is 0 Å². The van der Waals surface area contributed by atoms with Gasteiger partial charge in [-0.2, -0.15) is 0 Å². The van der Waals surface area contributed by atoms with Gasteiger partial charge in [-0.05, 0) is 49.4 Å². The van der Waals surface area contributed by atoms with Gasteiger partial charge in [0.15, 0.2) is 5.75 Å². The van der Waals surface area contributed by atoms with Gasteiger partial charge in [0.2, 0.25) is 5.43 Å². The molecule has 2 heterocycles. The Balaban J connectivity index is 1.75. The smallest absolute Gasteiger partial charge is 0.341 e. The van der Waals surface area contributed by atoms with Crippen molar-refractivity contribution in [1.29, 1.82) is 0 Å². The molecular weight excluding hydrogens is 404 g/mol. The molecule has 0 aliphatic heterocycles. The highest BCUT2D eigenvalue weighted by atomic mass is 32.1. The number of methoxy groups -OCH3 is 1. The standard InChI is InChI=1S/C22H20N2O5S/c1-29-21-14(18-8-11-2-3-12(23-28)9-17(11)30-18)6-7-15-19(21)24(13-4-5-13)10-16(20(15)25)22(26)27/h6-8,10,13,28H,2-5,9H2,1H3,(H,26,27)/b23-12+. The van der Waals surface area contributed by atoms with Gasteiger partial charge in [-0.25, -0.2) is 4.79 Å². The number of carboxylic acids is 1. The van der Waals surface area contributed by atoms with Crippen molar-refractivity contribution >= 4 is 33.9 Å². The Kier molecular flexibility index (Phi) is 4.39. The fraction of sp³-hybridized carbons (Fsp3) is 0.318. The molecule has 0 atom stereocenters. The van der Waals surface area contributed by atoms with Crippen LogP contribution in [0.15, 0.2) is 34.3 Å². The molecule has 0 spiro atoms. The molecule has 3 aromatic rings. The summed E-state index contributed by atoms with van der Waals surface area (Å²) in [6.07, 6.45) is 5.56. The molecule has 1 aromatic carbocycles. The largest absolute Gasteiger partial charge is 0.494 e. The lowest BCUT2D eigenvalue weighted by molar-refractivity contribution is 0.0695. The number of thiophene rings is 1. The van der Waals surface area contributed by atoms with Crippen LogP contribution in [-0.2, 0) is 12.8 Å². The van der Waals surface area contributed by atoms with Gasteiger partial charge in [0, 0.05) is 34.0 Å². The van der Waals surface area contributed by atoms with Crippen LogP contribution in [-0.4, -0.2) is 33.7 Å². The SMILES string of the molecule is COc1c(-c2cc3c(s2)C/C(=N/O)CC3)ccc2c(=O)c(C(=O)O)cn(C3CC3)c12. The molecule has 2 aliphatic rings. The summed E-state index contributed by atoms with van der Waals surface area (Å²) in [5.41, 5.74) is 2.84. The summed E-state index contributed by atoms with van der Waals surface area (Å²) in [4.78, 5) is 26.6. The van der Waals surface area contributed by atoms with E-state index in [4.69, 9.17) is 9.94 Å². The van der Waals surface area contributed by atoms with Gasteiger partial charge in [-0.15, -0.1) is 11.3 Å². The van der Waals surface area contributed by atoms with Gasteiger partial charge in [0.1, 0.15) is 5.56 Å². The Bertz CT molecular complexity index is 1280. The first-order valence-corrected chi connectivity index (χ1v) is 10.6. The number of aryl methyl sites for hydroxylation is 1. The number of aromatic carboxylic acids is 1. The van der Waals surface area contributed by atoms with E-state index in [0.717, 1.165) is 41.8 Å². The third-order valence-corrected chi connectivity index (χ3v) is 7.08. The zero-order valence-electron chi connectivity index (χ0n) is 16.3. The molecule has 0 amide bonds. The van der Waals surface area contributed by atoms with Crippen LogP contribution >= 0.6 is 11.3 Å². The number of hydrogen-bond acceptors (Lipinski definition) is 6. The molecule has 0 radical (unpaired) electrons. The summed E-state index contributed by atoms with van der Waals surface area (Å²) >= 11 is 1.63. The molecule has 1 saturated carbocycles. The van der Waals surface area contributed by atoms with Crippen molar-refractivity contribution in [3.8, 4) is 16.2 Å². The van der Waals surface area contributed by atoms with E-state index >= 15 is 0 Å². The number of carbonyl (C=O) groups is 1. The Morgan fingerprint density at radius 1 is 1.30 bits per heavy atom. The van der Waals surface area contributed by atoms with Crippen LogP contribution in [0.5, 0.6) is 5.75 Å². The summed E-state index contributed by atoms with van der Waals surface area (Å²) in [7, 11) is 1.58. The average Bonchev–Trinajstić information content (AvgIpc) is 3.50. The molecule has 7 nitrogen and oxygen atoms in total. The molecule has 0 bridgehead atoms. The molecule has 5 rings (SSSR count). The summed E-state index contributed by atoms with van der Waals surface area (Å²) in [6, 6.07) is 5.86. The predicted molar refractivity (Wildman–Crippen MR) is 115 cm³/mol. The fourth-order valence-electron chi connectivity index (χ4n) is 4.21. The molecule has 154 valence electrons. The number of fused-ring (bicyclic) bond motifs is 2. The lowest BCUT2D eigenvalue weighted by atomic mass is 9.96. The molecule has 2 aliphatic carbocycles. The fourth-order valence-corrected chi connectivity index (χ4v) is 5.48. The van der Waals surface area contributed by atoms with E-state index in [0.29, 0.717) is 23.1 Å². The Hall–Kier alpha value is -3.13. The van der Waals surface area contributed by atoms with Gasteiger partial charge >= 0.3 is 5.97 Å². The highest BCUT2D eigenvalue weighted by Crippen LogP contribution is 2.45. The number of rotatable bonds is 4. The number of oxime groups is 1. The number of pyridine rings is 1. The van der Waals surface area contributed by atoms with Crippen molar-refractivity contribution in [3.05, 3.63) is 50.6 Å². The van der Waals surface area contributed by atoms with Crippen molar-refractivity contribution in [2.24, 2.45) is 5.16 Å². The van der Waals surface area contributed by atoms with Crippen molar-refractivity contribution < 1.29 is 19.8 Å². The second-order valence-electron chi connectivity index (χ2n) is 7.76. The number of carboxylic acid groups (broad SMARTS) is 1. The zero-order valence-corrected chi connectivity index (χ0v) is 17.2. The minimum absolute atomic E-state index is 0.176. The summed E-state index contributed by atoms with van der Waals surface area (Å²) in [5, 5.41) is 22.3. The summed E-state index contributed by atoms with van der Waals surface area (Å²) in [5.74, 6) is -0.630. The van der Waals surface area contributed by atoms with E-state index in [1.54, 1.807) is 24.5 Å². The zero-order chi connectivity index (χ0) is 21.0. The quantitative estimate of drug-likeness (QED) is 0.485. The normalized spacial score (nSPS) is 17.3. The highest BCUT2D eigenvalue weighted by Gasteiger charge is 2.29. The predicted octanol–water partition coefficient (Wildman–Crippen LogP) is 4.09. The molecule has 0 unspecified atom stereocenters. The maximum absolute atomic E-state index is 12.8. The van der Waals surface area contributed by atoms with Gasteiger partial charge in [0.05, 0.1) is 23.7 Å². The number of ether oxygens (including phenoxy) is 1. The van der Waals surface area contributed by atoms with Gasteiger partial charge in [-0.3, -0.25) is 4.79 Å². The second kappa shape index (κ2) is 6.98. The van der Waals surface area contributed by atoms with E-state index in [9.17, 15) is 14.7 Å². The molecule has 2 aromatic heterocycles. The summed E-state index contributed by atoms with van der Waals surface area (Å²) in [6.45, 7) is 0. The van der Waals surface area contributed by atoms with E-state index in [1.165, 1.54) is 16.6 Å². The van der Waals surface area contributed by atoms with Gasteiger partial charge in [-0.1, -0.05) is 5.16 Å². The lowest BCUT2D eigenvalue weighted by Crippen LogP contribution is -2.19. The van der Waals surface area contributed by atoms with Crippen LogP contribution in [0, 0.1) is 0 Å². The number of nitrogens with zero attached hydrogens (tertiary/aromatic N) is 2. The molecule has 30 heavy (non-hydrogen) atoms. The molecule has 8 heteroatoms. The summed E-state index contributed by atoms with van der Waals surface area (Å²) < 4.78 is 7.69. The molecular formula is C22H20N2O5S. The van der Waals surface area contributed by atoms with Crippen LogP contribution in [0.25, 0.3) is 21.3 Å². The van der Waals surface area contributed by atoms with Crippen LogP contribution in [0.4, 0.5) is 0 Å². The number of aromatic nitrogens is 1. The maximum atomic E-state index is 12.8. The number of benzene rings is 1. The first kappa shape index (κ1) is 18.9. The lowest BCUT2D eigenvalue weighted by Gasteiger charge is -2.17. The molecule has 1 fully saturated rings. The van der Waals surface area contributed by atoms with Crippen LogP contribution in [0.1, 0.15) is 46.1 Å². The van der Waals surface area contributed by atoms with Gasteiger partial charge < -0.3 is 19.6 Å². The van der Waals surface area contributed by atoms with E-state index in [2.05, 4.69) is 11.2 Å². The van der Waals surface area contributed by atoms with Crippen molar-refractivity contribution in [2.75, 3.05) is 7.11 Å². The van der Waals surface area contributed by atoms with Crippen molar-refractivity contribution in [2.45, 2.75) is 38.1 Å². The van der Waals surface area contributed by atoms with Crippen LogP contribution < -0.4 is 10.2 Å². The minimum Gasteiger partial charge on any atom is -0.494 e. The third-order valence-electron chi connectivity index (χ3n) is 5.87. The first-order valence-electron chi connectivity index (χ1n) is 9.82. The third kappa shape index (κ3) is 2.90. The van der Waals surface area contributed by atoms with Crippen LogP contribution in [0.2, 0.25) is 0 Å². The second-order valence-corrected chi connectivity index (χ2v) is 8.90. The Labute approximate surface area is 175 Å². The van der Waals surface area contributed by atoms with Crippen molar-refractivity contribution in [3.63, 3.8) is 0 Å². The Morgan fingerprint density at radius 3 is 2.77 bits per heavy atom. The highest BCUT2D eigenvalue weighted by molar-refractivity contribution is 7.15. The molecule has 0 saturated heterocycles. The van der Waals surface area contributed by atoms with E-state index in [1.807, 2.05) is 10.6 Å². The molecule has 2 N–H and O–H groups in total. The van der Waals surface area contributed by atoms with Crippen LogP contribution in [0.3, 0.4) is 0 Å². The monoisotopic (exact) mass is 424 g/mol. The average molecular weight is 424 g/mol.